The van der Waals surface area contributed by atoms with Crippen LogP contribution in [-0.2, 0) is 6.42 Å². The van der Waals surface area contributed by atoms with E-state index in [2.05, 4.69) is 9.47 Å². The molecular weight excluding hydrogens is 295 g/mol. The van der Waals surface area contributed by atoms with E-state index in [1.807, 2.05) is 0 Å². The molecular formula is C11H10ClF5O2. The summed E-state index contributed by atoms with van der Waals surface area (Å²) in [6.07, 6.45) is -4.36. The highest BCUT2D eigenvalue weighted by molar-refractivity contribution is 6.17. The van der Waals surface area contributed by atoms with Crippen LogP contribution in [0.15, 0.2) is 18.2 Å². The summed E-state index contributed by atoms with van der Waals surface area (Å²) < 4.78 is 68.8. The molecule has 0 radical (unpaired) electrons. The van der Waals surface area contributed by atoms with Crippen molar-refractivity contribution in [3.63, 3.8) is 0 Å². The molecule has 0 fully saturated rings. The van der Waals surface area contributed by atoms with Crippen molar-refractivity contribution in [1.29, 1.82) is 0 Å². The Bertz CT molecular complexity index is 409. The molecule has 2 nitrogen and oxygen atoms in total. The van der Waals surface area contributed by atoms with Crippen molar-refractivity contribution < 1.29 is 31.4 Å². The van der Waals surface area contributed by atoms with Crippen molar-refractivity contribution in [2.45, 2.75) is 25.8 Å². The molecule has 1 rings (SSSR count). The van der Waals surface area contributed by atoms with E-state index < -0.39 is 24.5 Å². The molecule has 0 aliphatic heterocycles. The van der Waals surface area contributed by atoms with Gasteiger partial charge in [-0.05, 0) is 24.5 Å². The fourth-order valence-electron chi connectivity index (χ4n) is 1.44. The summed E-state index contributed by atoms with van der Waals surface area (Å²) >= 11 is 5.46. The van der Waals surface area contributed by atoms with E-state index in [0.717, 1.165) is 6.07 Å². The molecule has 1 aromatic rings. The molecule has 0 aliphatic carbocycles. The van der Waals surface area contributed by atoms with Crippen molar-refractivity contribution in [3.8, 4) is 11.5 Å². The number of hydrogen-bond acceptors (Lipinski definition) is 2. The smallest absolute Gasteiger partial charge is 0.431 e. The van der Waals surface area contributed by atoms with Crippen LogP contribution < -0.4 is 9.47 Å². The minimum atomic E-state index is -4.98. The summed E-state index contributed by atoms with van der Waals surface area (Å²) in [6.45, 7) is -3.24. The second-order valence-electron chi connectivity index (χ2n) is 3.46. The zero-order chi connectivity index (χ0) is 14.5. The lowest BCUT2D eigenvalue weighted by molar-refractivity contribution is -0.275. The number of ether oxygens (including phenoxy) is 2. The van der Waals surface area contributed by atoms with Crippen LogP contribution in [0, 0.1) is 0 Å². The van der Waals surface area contributed by atoms with Gasteiger partial charge in [-0.3, -0.25) is 0 Å². The molecule has 1 aromatic carbocycles. The third-order valence-electron chi connectivity index (χ3n) is 2.07. The van der Waals surface area contributed by atoms with Gasteiger partial charge in [0, 0.05) is 5.88 Å². The van der Waals surface area contributed by atoms with E-state index in [9.17, 15) is 22.0 Å². The molecule has 19 heavy (non-hydrogen) atoms. The van der Waals surface area contributed by atoms with E-state index in [1.54, 1.807) is 0 Å². The topological polar surface area (TPSA) is 18.5 Å². The van der Waals surface area contributed by atoms with E-state index in [1.165, 1.54) is 12.1 Å². The highest BCUT2D eigenvalue weighted by atomic mass is 35.5. The molecule has 0 bridgehead atoms. The van der Waals surface area contributed by atoms with Gasteiger partial charge < -0.3 is 9.47 Å². The van der Waals surface area contributed by atoms with Crippen LogP contribution in [0.1, 0.15) is 12.0 Å². The summed E-state index contributed by atoms with van der Waals surface area (Å²) in [5, 5.41) is 0. The quantitative estimate of drug-likeness (QED) is 0.574. The SMILES string of the molecule is FC(F)Oc1c(CCCCl)cccc1OC(F)(F)F. The maximum atomic E-state index is 12.3. The normalized spacial score (nSPS) is 11.7. The Kier molecular flexibility index (Phi) is 5.65. The molecule has 0 atom stereocenters. The van der Waals surface area contributed by atoms with Crippen molar-refractivity contribution in [1.82, 2.24) is 0 Å². The van der Waals surface area contributed by atoms with Gasteiger partial charge in [0.15, 0.2) is 11.5 Å². The highest BCUT2D eigenvalue weighted by Crippen LogP contribution is 2.36. The minimum Gasteiger partial charge on any atom is -0.431 e. The zero-order valence-electron chi connectivity index (χ0n) is 9.52. The molecule has 0 saturated carbocycles. The predicted molar refractivity (Wildman–Crippen MR) is 58.8 cm³/mol. The summed E-state index contributed by atoms with van der Waals surface area (Å²) in [6, 6.07) is 3.56. The van der Waals surface area contributed by atoms with Gasteiger partial charge in [-0.15, -0.1) is 24.8 Å². The number of benzene rings is 1. The van der Waals surface area contributed by atoms with Crippen LogP contribution in [0.5, 0.6) is 11.5 Å². The van der Waals surface area contributed by atoms with Gasteiger partial charge in [0.1, 0.15) is 0 Å². The third-order valence-corrected chi connectivity index (χ3v) is 2.34. The van der Waals surface area contributed by atoms with Gasteiger partial charge in [0.05, 0.1) is 0 Å². The number of aryl methyl sites for hydroxylation is 1. The molecule has 0 unspecified atom stereocenters. The number of alkyl halides is 6. The van der Waals surface area contributed by atoms with E-state index >= 15 is 0 Å². The Morgan fingerprint density at radius 1 is 1.21 bits per heavy atom. The monoisotopic (exact) mass is 304 g/mol. The number of hydrogen-bond donors (Lipinski definition) is 0. The van der Waals surface area contributed by atoms with Gasteiger partial charge in [-0.2, -0.15) is 8.78 Å². The average Bonchev–Trinajstić information content (AvgIpc) is 2.27. The van der Waals surface area contributed by atoms with E-state index in [0.29, 0.717) is 6.42 Å². The molecule has 0 aliphatic rings. The largest absolute Gasteiger partial charge is 0.573 e. The van der Waals surface area contributed by atoms with Gasteiger partial charge in [-0.1, -0.05) is 12.1 Å². The minimum absolute atomic E-state index is 0.183. The Labute approximate surface area is 111 Å². The van der Waals surface area contributed by atoms with E-state index in [-0.39, 0.29) is 17.9 Å². The standard InChI is InChI=1S/C11H10ClF5O2/c12-6-2-4-7-3-1-5-8(19-11(15,16)17)9(7)18-10(13)14/h1,3,5,10H,2,4,6H2. The van der Waals surface area contributed by atoms with Crippen LogP contribution in [0.25, 0.3) is 0 Å². The molecule has 0 heterocycles. The van der Waals surface area contributed by atoms with Crippen molar-refractivity contribution in [3.05, 3.63) is 23.8 Å². The maximum absolute atomic E-state index is 12.3. The third kappa shape index (κ3) is 5.50. The molecule has 0 spiro atoms. The molecule has 0 aromatic heterocycles. The summed E-state index contributed by atoms with van der Waals surface area (Å²) in [5.41, 5.74) is 0.183. The second kappa shape index (κ2) is 6.79. The first-order chi connectivity index (χ1) is 8.83. The molecule has 8 heteroatoms. The van der Waals surface area contributed by atoms with Crippen LogP contribution >= 0.6 is 11.6 Å². The van der Waals surface area contributed by atoms with Crippen LogP contribution in [0.4, 0.5) is 22.0 Å². The van der Waals surface area contributed by atoms with Crippen LogP contribution in [0.2, 0.25) is 0 Å². The van der Waals surface area contributed by atoms with Crippen molar-refractivity contribution >= 4 is 11.6 Å². The van der Waals surface area contributed by atoms with E-state index in [4.69, 9.17) is 11.6 Å². The van der Waals surface area contributed by atoms with Gasteiger partial charge in [0.2, 0.25) is 0 Å². The number of halogens is 6. The van der Waals surface area contributed by atoms with Crippen LogP contribution in [0.3, 0.4) is 0 Å². The molecule has 0 N–H and O–H groups in total. The fourth-order valence-corrected chi connectivity index (χ4v) is 1.58. The lowest BCUT2D eigenvalue weighted by Gasteiger charge is -2.16. The predicted octanol–water partition coefficient (Wildman–Crippen LogP) is 4.36. The lowest BCUT2D eigenvalue weighted by Crippen LogP contribution is -2.18. The Hall–Kier alpha value is -1.24. The summed E-state index contributed by atoms with van der Waals surface area (Å²) in [5.74, 6) is -1.15. The van der Waals surface area contributed by atoms with Crippen LogP contribution in [-0.4, -0.2) is 18.9 Å². The van der Waals surface area contributed by atoms with Crippen molar-refractivity contribution in [2.75, 3.05) is 5.88 Å². The molecule has 0 amide bonds. The van der Waals surface area contributed by atoms with Gasteiger partial charge >= 0.3 is 13.0 Å². The summed E-state index contributed by atoms with van der Waals surface area (Å²) in [4.78, 5) is 0. The zero-order valence-corrected chi connectivity index (χ0v) is 10.3. The fraction of sp³-hybridized carbons (Fsp3) is 0.455. The average molecular weight is 305 g/mol. The number of para-hydroxylation sites is 1. The summed E-state index contributed by atoms with van der Waals surface area (Å²) in [7, 11) is 0. The molecule has 108 valence electrons. The maximum Gasteiger partial charge on any atom is 0.573 e. The van der Waals surface area contributed by atoms with Gasteiger partial charge in [-0.25, -0.2) is 0 Å². The Morgan fingerprint density at radius 3 is 2.42 bits per heavy atom. The molecule has 0 saturated heterocycles. The lowest BCUT2D eigenvalue weighted by atomic mass is 10.1. The number of rotatable bonds is 6. The van der Waals surface area contributed by atoms with Crippen molar-refractivity contribution in [2.24, 2.45) is 0 Å². The first-order valence-corrected chi connectivity index (χ1v) is 5.75. The first kappa shape index (κ1) is 15.8. The highest BCUT2D eigenvalue weighted by Gasteiger charge is 2.33. The Morgan fingerprint density at radius 2 is 1.89 bits per heavy atom. The second-order valence-corrected chi connectivity index (χ2v) is 3.84. The first-order valence-electron chi connectivity index (χ1n) is 5.22. The Balaban J connectivity index is 3.06. The van der Waals surface area contributed by atoms with Gasteiger partial charge in [0.25, 0.3) is 0 Å².